The van der Waals surface area contributed by atoms with Crippen molar-refractivity contribution in [1.82, 2.24) is 29.9 Å². The molecule has 0 N–H and O–H groups in total. The van der Waals surface area contributed by atoms with Crippen LogP contribution in [0.1, 0.15) is 45.0 Å². The highest BCUT2D eigenvalue weighted by molar-refractivity contribution is 5.82. The summed E-state index contributed by atoms with van der Waals surface area (Å²) in [5.74, 6) is 1.99. The molecule has 5 heterocycles. The van der Waals surface area contributed by atoms with Crippen LogP contribution in [0.5, 0.6) is 23.5 Å². The van der Waals surface area contributed by atoms with Gasteiger partial charge in [0, 0.05) is 47.0 Å². The predicted molar refractivity (Wildman–Crippen MR) is 181 cm³/mol. The molecule has 0 saturated heterocycles. The van der Waals surface area contributed by atoms with Gasteiger partial charge in [-0.25, -0.2) is 29.9 Å². The van der Waals surface area contributed by atoms with E-state index in [9.17, 15) is 0 Å². The lowest BCUT2D eigenvalue weighted by Crippen LogP contribution is -2.00. The molecule has 0 saturated carbocycles. The summed E-state index contributed by atoms with van der Waals surface area (Å²) in [4.78, 5) is 27.4. The predicted octanol–water partition coefficient (Wildman–Crippen LogP) is 6.77. The molecule has 0 bridgehead atoms. The summed E-state index contributed by atoms with van der Waals surface area (Å²) in [6.07, 6.45) is 21.8. The van der Waals surface area contributed by atoms with Crippen molar-refractivity contribution in [2.45, 2.75) is 0 Å². The summed E-state index contributed by atoms with van der Waals surface area (Å²) in [6.45, 7) is 0. The van der Waals surface area contributed by atoms with E-state index in [-0.39, 0.29) is 0 Å². The van der Waals surface area contributed by atoms with E-state index in [0.717, 1.165) is 22.3 Å². The second-order valence-electron chi connectivity index (χ2n) is 9.51. The van der Waals surface area contributed by atoms with Crippen molar-refractivity contribution in [1.29, 1.82) is 0 Å². The zero-order valence-electron chi connectivity index (χ0n) is 25.9. The van der Waals surface area contributed by atoms with Crippen molar-refractivity contribution in [2.24, 2.45) is 0 Å². The van der Waals surface area contributed by atoms with Crippen molar-refractivity contribution in [3.63, 3.8) is 0 Å². The lowest BCUT2D eigenvalue weighted by molar-refractivity contribution is 0.397. The van der Waals surface area contributed by atoms with Crippen LogP contribution in [0.25, 0.3) is 48.6 Å². The first-order valence-corrected chi connectivity index (χ1v) is 14.2. The number of hydrogen-bond donors (Lipinski definition) is 0. The smallest absolute Gasteiger partial charge is 0.220 e. The maximum absolute atomic E-state index is 5.45. The molecule has 0 unspecified atom stereocenters. The first-order chi connectivity index (χ1) is 22.6. The molecule has 0 aliphatic heterocycles. The summed E-state index contributed by atoms with van der Waals surface area (Å²) in [5.41, 5.74) is 5.61. The van der Waals surface area contributed by atoms with Crippen molar-refractivity contribution in [2.75, 3.05) is 28.4 Å². The number of ether oxygens (including phenoxy) is 4. The molecular weight excluding hydrogens is 580 g/mol. The van der Waals surface area contributed by atoms with Crippen LogP contribution in [0.2, 0.25) is 0 Å². The van der Waals surface area contributed by atoms with Gasteiger partial charge < -0.3 is 18.9 Å². The molecule has 5 rings (SSSR count). The number of hydrogen-bond acceptors (Lipinski definition) is 10. The molecule has 0 radical (unpaired) electrons. The summed E-state index contributed by atoms with van der Waals surface area (Å²) in [7, 11) is 6.34. The van der Waals surface area contributed by atoms with Crippen LogP contribution in [-0.2, 0) is 0 Å². The number of pyridine rings is 4. The Hall–Kier alpha value is -6.16. The Morgan fingerprint density at radius 3 is 0.826 bits per heavy atom. The van der Waals surface area contributed by atoms with Crippen molar-refractivity contribution in [3.8, 4) is 23.5 Å². The van der Waals surface area contributed by atoms with Gasteiger partial charge in [0.25, 0.3) is 0 Å². The normalized spacial score (nSPS) is 11.6. The Labute approximate surface area is 267 Å². The number of aromatic nitrogens is 6. The van der Waals surface area contributed by atoms with Gasteiger partial charge in [0.15, 0.2) is 0 Å². The van der Waals surface area contributed by atoms with E-state index in [4.69, 9.17) is 28.9 Å². The molecule has 46 heavy (non-hydrogen) atoms. The zero-order chi connectivity index (χ0) is 32.1. The topological polar surface area (TPSA) is 114 Å². The molecule has 10 heteroatoms. The maximum Gasteiger partial charge on any atom is 0.220 e. The number of nitrogens with zero attached hydrogens (tertiary/aromatic N) is 6. The Balaban J connectivity index is 1.68. The first kappa shape index (κ1) is 31.3. The minimum atomic E-state index is 0.498. The molecule has 0 fully saturated rings. The van der Waals surface area contributed by atoms with Crippen LogP contribution in [-0.4, -0.2) is 58.3 Å². The molecule has 5 aromatic rings. The van der Waals surface area contributed by atoms with E-state index in [1.165, 1.54) is 0 Å². The van der Waals surface area contributed by atoms with Gasteiger partial charge in [0.1, 0.15) is 0 Å². The van der Waals surface area contributed by atoms with E-state index in [0.29, 0.717) is 46.3 Å². The monoisotopic (exact) mass is 612 g/mol. The van der Waals surface area contributed by atoms with Gasteiger partial charge in [-0.15, -0.1) is 0 Å². The molecule has 0 aromatic carbocycles. The lowest BCUT2D eigenvalue weighted by Gasteiger charge is -2.09. The minimum absolute atomic E-state index is 0.498. The van der Waals surface area contributed by atoms with Crippen LogP contribution >= 0.6 is 0 Å². The van der Waals surface area contributed by atoms with Crippen molar-refractivity contribution in [3.05, 3.63) is 118 Å². The highest BCUT2D eigenvalue weighted by Crippen LogP contribution is 2.25. The Bertz CT molecular complexity index is 1650. The third kappa shape index (κ3) is 7.67. The van der Waals surface area contributed by atoms with Gasteiger partial charge in [0.05, 0.1) is 51.2 Å². The molecule has 5 aromatic heterocycles. The fourth-order valence-corrected chi connectivity index (χ4v) is 4.46. The van der Waals surface area contributed by atoms with Crippen molar-refractivity contribution >= 4 is 48.6 Å². The Morgan fingerprint density at radius 1 is 0.370 bits per heavy atom. The fourth-order valence-electron chi connectivity index (χ4n) is 4.46. The van der Waals surface area contributed by atoms with E-state index in [1.807, 2.05) is 97.1 Å². The van der Waals surface area contributed by atoms with Crippen LogP contribution < -0.4 is 18.9 Å². The quantitative estimate of drug-likeness (QED) is 0.149. The van der Waals surface area contributed by atoms with E-state index < -0.39 is 0 Å². The standard InChI is InChI=1S/C36H32N6O4/c1-43-33-25(9-5-21-37-33)13-17-29-30(18-14-26-10-6-22-38-34(26)44-2)42-32(20-16-28-12-8-24-40-36(28)46-4)31(41-29)19-15-27-11-7-23-39-35(27)45-3/h5-24H,1-4H3. The molecule has 230 valence electrons. The van der Waals surface area contributed by atoms with Crippen LogP contribution in [0.3, 0.4) is 0 Å². The van der Waals surface area contributed by atoms with Gasteiger partial charge in [-0.2, -0.15) is 0 Å². The molecule has 10 nitrogen and oxygen atoms in total. The molecule has 0 aliphatic rings. The van der Waals surface area contributed by atoms with Gasteiger partial charge in [0.2, 0.25) is 23.5 Å². The van der Waals surface area contributed by atoms with Gasteiger partial charge in [-0.3, -0.25) is 0 Å². The maximum atomic E-state index is 5.45. The van der Waals surface area contributed by atoms with E-state index in [1.54, 1.807) is 53.2 Å². The summed E-state index contributed by atoms with van der Waals surface area (Å²) in [5, 5.41) is 0. The summed E-state index contributed by atoms with van der Waals surface area (Å²) >= 11 is 0. The number of rotatable bonds is 12. The molecule has 0 aliphatic carbocycles. The van der Waals surface area contributed by atoms with E-state index in [2.05, 4.69) is 19.9 Å². The third-order valence-corrected chi connectivity index (χ3v) is 6.67. The second-order valence-corrected chi connectivity index (χ2v) is 9.51. The van der Waals surface area contributed by atoms with Crippen LogP contribution in [0.4, 0.5) is 0 Å². The van der Waals surface area contributed by atoms with Gasteiger partial charge in [-0.05, 0) is 97.1 Å². The first-order valence-electron chi connectivity index (χ1n) is 14.2. The molecule has 0 atom stereocenters. The van der Waals surface area contributed by atoms with Crippen molar-refractivity contribution < 1.29 is 18.9 Å². The Kier molecular flexibility index (Phi) is 10.6. The second kappa shape index (κ2) is 15.5. The summed E-state index contributed by atoms with van der Waals surface area (Å²) in [6, 6.07) is 15.1. The van der Waals surface area contributed by atoms with Gasteiger partial charge >= 0.3 is 0 Å². The molecular formula is C36H32N6O4. The number of methoxy groups -OCH3 is 4. The fraction of sp³-hybridized carbons (Fsp3) is 0.111. The zero-order valence-corrected chi connectivity index (χ0v) is 25.9. The largest absolute Gasteiger partial charge is 0.481 e. The molecule has 0 spiro atoms. The molecule has 0 amide bonds. The minimum Gasteiger partial charge on any atom is -0.481 e. The average Bonchev–Trinajstić information content (AvgIpc) is 3.12. The van der Waals surface area contributed by atoms with Crippen LogP contribution in [0.15, 0.2) is 73.3 Å². The lowest BCUT2D eigenvalue weighted by atomic mass is 10.1. The average molecular weight is 613 g/mol. The highest BCUT2D eigenvalue weighted by Gasteiger charge is 2.11. The SMILES string of the molecule is COc1ncccc1C=Cc1nc(C=Cc2cccnc2OC)c(C=Cc2cccnc2OC)nc1C=Cc1cccnc1OC. The van der Waals surface area contributed by atoms with Gasteiger partial charge in [-0.1, -0.05) is 0 Å². The third-order valence-electron chi connectivity index (χ3n) is 6.67. The van der Waals surface area contributed by atoms with Crippen LogP contribution in [0, 0.1) is 0 Å². The highest BCUT2D eigenvalue weighted by atomic mass is 16.5. The van der Waals surface area contributed by atoms with E-state index >= 15 is 0 Å². The Morgan fingerprint density at radius 2 is 0.609 bits per heavy atom. The summed E-state index contributed by atoms with van der Waals surface area (Å²) < 4.78 is 21.8.